The van der Waals surface area contributed by atoms with E-state index in [1.54, 1.807) is 7.11 Å². The first kappa shape index (κ1) is 18.9. The van der Waals surface area contributed by atoms with E-state index < -0.39 is 0 Å². The molecule has 0 aliphatic heterocycles. The molecule has 0 radical (unpaired) electrons. The lowest BCUT2D eigenvalue weighted by Gasteiger charge is -2.24. The van der Waals surface area contributed by atoms with Crippen molar-refractivity contribution in [3.8, 4) is 0 Å². The first-order chi connectivity index (χ1) is 12.7. The van der Waals surface area contributed by atoms with Gasteiger partial charge in [0.15, 0.2) is 0 Å². The summed E-state index contributed by atoms with van der Waals surface area (Å²) in [6.45, 7) is 3.80. The molecule has 2 aliphatic rings. The van der Waals surface area contributed by atoms with Crippen LogP contribution < -0.4 is 0 Å². The lowest BCUT2D eigenvalue weighted by molar-refractivity contribution is 0.0619. The summed E-state index contributed by atoms with van der Waals surface area (Å²) in [6, 6.07) is 0. The average Bonchev–Trinajstić information content (AvgIpc) is 3.18. The Balaban J connectivity index is 1.50. The van der Waals surface area contributed by atoms with Crippen molar-refractivity contribution in [3.63, 3.8) is 0 Å². The van der Waals surface area contributed by atoms with Gasteiger partial charge >= 0.3 is 0 Å². The van der Waals surface area contributed by atoms with Gasteiger partial charge in [-0.3, -0.25) is 0 Å². The first-order valence-corrected chi connectivity index (χ1v) is 9.58. The zero-order chi connectivity index (χ0) is 18.2. The Morgan fingerprint density at radius 1 is 1.31 bits per heavy atom. The highest BCUT2D eigenvalue weighted by molar-refractivity contribution is 5.26. The Labute approximate surface area is 156 Å². The monoisotopic (exact) mass is 354 g/mol. The maximum atomic E-state index is 6.30. The molecule has 140 valence electrons. The van der Waals surface area contributed by atoms with Crippen molar-refractivity contribution in [1.29, 1.82) is 0 Å². The van der Waals surface area contributed by atoms with Gasteiger partial charge in [0.25, 0.3) is 0 Å². The highest BCUT2D eigenvalue weighted by atomic mass is 16.5. The standard InChI is InChI=1S/C22H30N2O2/c1-18-5-9-20(10-6-18)22(16-24-14-13-23-17-24)26-15-3-4-19-7-11-21(25-2)12-8-19/h5,7-9,11,13-14,17,21-22H,3-4,6,10,12,15-16H2,1-2H3. The van der Waals surface area contributed by atoms with E-state index in [0.717, 1.165) is 45.3 Å². The van der Waals surface area contributed by atoms with Gasteiger partial charge in [0, 0.05) is 26.1 Å². The highest BCUT2D eigenvalue weighted by Gasteiger charge is 2.17. The number of aromatic nitrogens is 2. The molecule has 1 aromatic heterocycles. The second-order valence-electron chi connectivity index (χ2n) is 7.13. The van der Waals surface area contributed by atoms with Gasteiger partial charge < -0.3 is 14.0 Å². The molecule has 0 spiro atoms. The highest BCUT2D eigenvalue weighted by Crippen LogP contribution is 2.24. The molecular formula is C22H30N2O2. The van der Waals surface area contributed by atoms with E-state index in [4.69, 9.17) is 9.47 Å². The van der Waals surface area contributed by atoms with Crippen LogP contribution in [-0.4, -0.2) is 35.5 Å². The topological polar surface area (TPSA) is 36.3 Å². The molecule has 1 aromatic rings. The van der Waals surface area contributed by atoms with Crippen LogP contribution in [0.3, 0.4) is 0 Å². The Morgan fingerprint density at radius 2 is 2.23 bits per heavy atom. The lowest BCUT2D eigenvalue weighted by Crippen LogP contribution is -2.23. The number of methoxy groups -OCH3 is 1. The van der Waals surface area contributed by atoms with Crippen LogP contribution in [-0.2, 0) is 16.0 Å². The molecule has 4 heteroatoms. The molecule has 0 fully saturated rings. The van der Waals surface area contributed by atoms with Crippen LogP contribution in [0, 0.1) is 0 Å². The second-order valence-corrected chi connectivity index (χ2v) is 7.13. The van der Waals surface area contributed by atoms with E-state index in [0.29, 0.717) is 0 Å². The van der Waals surface area contributed by atoms with Crippen LogP contribution in [0.25, 0.3) is 0 Å². The van der Waals surface area contributed by atoms with Gasteiger partial charge in [-0.2, -0.15) is 0 Å². The van der Waals surface area contributed by atoms with Gasteiger partial charge in [0.05, 0.1) is 25.1 Å². The second kappa shape index (κ2) is 9.70. The molecule has 0 aromatic carbocycles. The minimum absolute atomic E-state index is 0.127. The quantitative estimate of drug-likeness (QED) is 0.607. The van der Waals surface area contributed by atoms with Crippen molar-refractivity contribution in [2.24, 2.45) is 0 Å². The molecule has 0 amide bonds. The summed E-state index contributed by atoms with van der Waals surface area (Å²) in [5, 5.41) is 0. The fourth-order valence-corrected chi connectivity index (χ4v) is 3.40. The van der Waals surface area contributed by atoms with Crippen LogP contribution in [0.15, 0.2) is 65.8 Å². The molecule has 2 unspecified atom stereocenters. The van der Waals surface area contributed by atoms with Gasteiger partial charge in [-0.15, -0.1) is 0 Å². The minimum atomic E-state index is 0.127. The zero-order valence-corrected chi connectivity index (χ0v) is 15.9. The first-order valence-electron chi connectivity index (χ1n) is 9.58. The predicted octanol–water partition coefficient (Wildman–Crippen LogP) is 4.62. The van der Waals surface area contributed by atoms with E-state index >= 15 is 0 Å². The van der Waals surface area contributed by atoms with Gasteiger partial charge in [-0.1, -0.05) is 41.5 Å². The SMILES string of the molecule is COC1C=CC(CCCOC(Cn2ccnc2)C2=CC=C(C)CC2)=CC1. The Morgan fingerprint density at radius 3 is 2.88 bits per heavy atom. The Kier molecular flexibility index (Phi) is 7.04. The lowest BCUT2D eigenvalue weighted by atomic mass is 9.95. The third-order valence-electron chi connectivity index (χ3n) is 5.11. The van der Waals surface area contributed by atoms with Crippen molar-refractivity contribution >= 4 is 0 Å². The molecule has 0 saturated heterocycles. The van der Waals surface area contributed by atoms with Crippen molar-refractivity contribution < 1.29 is 9.47 Å². The summed E-state index contributed by atoms with van der Waals surface area (Å²) >= 11 is 0. The average molecular weight is 354 g/mol. The molecule has 26 heavy (non-hydrogen) atoms. The fourth-order valence-electron chi connectivity index (χ4n) is 3.40. The maximum Gasteiger partial charge on any atom is 0.0967 e. The maximum absolute atomic E-state index is 6.30. The third-order valence-corrected chi connectivity index (χ3v) is 5.11. The van der Waals surface area contributed by atoms with Crippen molar-refractivity contribution in [3.05, 3.63) is 65.8 Å². The van der Waals surface area contributed by atoms with Gasteiger partial charge in [0.1, 0.15) is 0 Å². The molecule has 4 nitrogen and oxygen atoms in total. The number of rotatable bonds is 9. The number of allylic oxidation sites excluding steroid dienone is 5. The number of hydrogen-bond donors (Lipinski definition) is 0. The molecule has 2 atom stereocenters. The molecule has 0 N–H and O–H groups in total. The van der Waals surface area contributed by atoms with Gasteiger partial charge in [-0.25, -0.2) is 4.98 Å². The molecule has 1 heterocycles. The van der Waals surface area contributed by atoms with Crippen LogP contribution in [0.1, 0.15) is 39.0 Å². The summed E-state index contributed by atoms with van der Waals surface area (Å²) in [4.78, 5) is 4.15. The summed E-state index contributed by atoms with van der Waals surface area (Å²) in [7, 11) is 1.76. The number of ether oxygens (including phenoxy) is 2. The molecular weight excluding hydrogens is 324 g/mol. The van der Waals surface area contributed by atoms with E-state index in [1.165, 1.54) is 16.7 Å². The third kappa shape index (κ3) is 5.55. The van der Waals surface area contributed by atoms with Crippen molar-refractivity contribution in [2.45, 2.75) is 57.8 Å². The van der Waals surface area contributed by atoms with Crippen LogP contribution >= 0.6 is 0 Å². The molecule has 0 saturated carbocycles. The molecule has 2 aliphatic carbocycles. The Hall–Kier alpha value is -1.91. The van der Waals surface area contributed by atoms with Gasteiger partial charge in [-0.05, 0) is 44.6 Å². The molecule has 0 bridgehead atoms. The summed E-state index contributed by atoms with van der Waals surface area (Å²) in [5.41, 5.74) is 4.23. The van der Waals surface area contributed by atoms with Crippen LogP contribution in [0.5, 0.6) is 0 Å². The van der Waals surface area contributed by atoms with E-state index in [1.807, 2.05) is 18.7 Å². The smallest absolute Gasteiger partial charge is 0.0967 e. The Bertz CT molecular complexity index is 683. The summed E-state index contributed by atoms with van der Waals surface area (Å²) in [5.74, 6) is 0. The van der Waals surface area contributed by atoms with Gasteiger partial charge in [0.2, 0.25) is 0 Å². The summed E-state index contributed by atoms with van der Waals surface area (Å²) < 4.78 is 13.8. The fraction of sp³-hybridized carbons (Fsp3) is 0.500. The van der Waals surface area contributed by atoms with Crippen molar-refractivity contribution in [1.82, 2.24) is 9.55 Å². The number of nitrogens with zero attached hydrogens (tertiary/aromatic N) is 2. The van der Waals surface area contributed by atoms with Crippen LogP contribution in [0.2, 0.25) is 0 Å². The van der Waals surface area contributed by atoms with Crippen LogP contribution in [0.4, 0.5) is 0 Å². The zero-order valence-electron chi connectivity index (χ0n) is 15.9. The summed E-state index contributed by atoms with van der Waals surface area (Å²) in [6.07, 6.45) is 22.5. The molecule has 3 rings (SSSR count). The van der Waals surface area contributed by atoms with E-state index in [-0.39, 0.29) is 12.2 Å². The predicted molar refractivity (Wildman–Crippen MR) is 105 cm³/mol. The number of imidazole rings is 1. The minimum Gasteiger partial charge on any atom is -0.377 e. The largest absolute Gasteiger partial charge is 0.377 e. The number of hydrogen-bond acceptors (Lipinski definition) is 3. The van der Waals surface area contributed by atoms with E-state index in [2.05, 4.69) is 46.9 Å². The van der Waals surface area contributed by atoms with E-state index in [9.17, 15) is 0 Å². The normalized spacial score (nSPS) is 21.2. The van der Waals surface area contributed by atoms with Crippen molar-refractivity contribution in [2.75, 3.05) is 13.7 Å².